The molecule has 8 nitrogen and oxygen atoms in total. The summed E-state index contributed by atoms with van der Waals surface area (Å²) in [6, 6.07) is 10.9. The average molecular weight is 449 g/mol. The smallest absolute Gasteiger partial charge is 0.289 e. The molecule has 33 heavy (non-hydrogen) atoms. The third kappa shape index (κ3) is 4.84. The van der Waals surface area contributed by atoms with Crippen LogP contribution in [0.15, 0.2) is 53.3 Å². The third-order valence-corrected chi connectivity index (χ3v) is 5.89. The van der Waals surface area contributed by atoms with Gasteiger partial charge >= 0.3 is 0 Å². The minimum absolute atomic E-state index is 0.0395. The van der Waals surface area contributed by atoms with Crippen LogP contribution in [0.3, 0.4) is 0 Å². The van der Waals surface area contributed by atoms with Gasteiger partial charge in [-0.25, -0.2) is 0 Å². The van der Waals surface area contributed by atoms with Gasteiger partial charge in [-0.3, -0.25) is 14.4 Å². The van der Waals surface area contributed by atoms with E-state index in [0.29, 0.717) is 37.6 Å². The summed E-state index contributed by atoms with van der Waals surface area (Å²) >= 11 is 0. The lowest BCUT2D eigenvalue weighted by molar-refractivity contribution is -0.116. The maximum absolute atomic E-state index is 13.1. The normalized spacial score (nSPS) is 13.8. The molecule has 1 fully saturated rings. The lowest BCUT2D eigenvalue weighted by atomic mass is 10.1. The van der Waals surface area contributed by atoms with E-state index in [1.54, 1.807) is 44.8 Å². The van der Waals surface area contributed by atoms with Gasteiger partial charge in [0, 0.05) is 38.1 Å². The van der Waals surface area contributed by atoms with Crippen LogP contribution in [-0.4, -0.2) is 58.3 Å². The number of hydrogen-bond acceptors (Lipinski definition) is 4. The molecular weight excluding hydrogens is 420 g/mol. The van der Waals surface area contributed by atoms with Crippen molar-refractivity contribution in [2.45, 2.75) is 27.3 Å². The SMILES string of the molecule is Cc1cc(C)c(NC(=O)Cn2cccc2C(=O)N2CCN(C(=O)c3ccco3)CC2)c(C)c1. The number of nitrogens with zero attached hydrogens (tertiary/aromatic N) is 3. The second-order valence-electron chi connectivity index (χ2n) is 8.40. The van der Waals surface area contributed by atoms with Crippen molar-refractivity contribution >= 4 is 23.4 Å². The number of benzene rings is 1. The zero-order valence-corrected chi connectivity index (χ0v) is 19.1. The fourth-order valence-corrected chi connectivity index (χ4v) is 4.29. The first kappa shape index (κ1) is 22.4. The van der Waals surface area contributed by atoms with Crippen LogP contribution in [0.1, 0.15) is 37.7 Å². The highest BCUT2D eigenvalue weighted by molar-refractivity contribution is 5.96. The molecule has 1 aliphatic rings. The Hall–Kier alpha value is -3.81. The van der Waals surface area contributed by atoms with Gasteiger partial charge in [0.15, 0.2) is 5.76 Å². The summed E-state index contributed by atoms with van der Waals surface area (Å²) in [4.78, 5) is 41.7. The van der Waals surface area contributed by atoms with Gasteiger partial charge in [0.05, 0.1) is 6.26 Å². The molecule has 1 aliphatic heterocycles. The van der Waals surface area contributed by atoms with Crippen molar-refractivity contribution in [3.8, 4) is 0 Å². The van der Waals surface area contributed by atoms with Gasteiger partial charge in [-0.15, -0.1) is 0 Å². The standard InChI is InChI=1S/C25H28N4O4/c1-17-14-18(2)23(19(3)15-17)26-22(30)16-29-8-4-6-20(29)24(31)27-9-11-28(12-10-27)25(32)21-7-5-13-33-21/h4-8,13-15H,9-12,16H2,1-3H3,(H,26,30). The molecule has 1 saturated heterocycles. The minimum atomic E-state index is -0.191. The molecule has 0 atom stereocenters. The molecule has 4 rings (SSSR count). The molecule has 0 aliphatic carbocycles. The Labute approximate surface area is 192 Å². The number of carbonyl (C=O) groups is 3. The molecule has 0 saturated carbocycles. The summed E-state index contributed by atoms with van der Waals surface area (Å²) in [6.45, 7) is 7.70. The van der Waals surface area contributed by atoms with E-state index in [4.69, 9.17) is 4.42 Å². The first-order valence-electron chi connectivity index (χ1n) is 11.0. The highest BCUT2D eigenvalue weighted by Crippen LogP contribution is 2.22. The Morgan fingerprint density at radius 2 is 1.55 bits per heavy atom. The van der Waals surface area contributed by atoms with E-state index < -0.39 is 0 Å². The van der Waals surface area contributed by atoms with Gasteiger partial charge in [0.25, 0.3) is 11.8 Å². The maximum atomic E-state index is 13.1. The van der Waals surface area contributed by atoms with Crippen LogP contribution in [0.2, 0.25) is 0 Å². The van der Waals surface area contributed by atoms with E-state index >= 15 is 0 Å². The zero-order valence-electron chi connectivity index (χ0n) is 19.1. The molecule has 1 N–H and O–H groups in total. The summed E-state index contributed by atoms with van der Waals surface area (Å²) in [5.41, 5.74) is 4.42. The summed E-state index contributed by atoms with van der Waals surface area (Å²) in [7, 11) is 0. The Bertz CT molecular complexity index is 1150. The highest BCUT2D eigenvalue weighted by Gasteiger charge is 2.28. The van der Waals surface area contributed by atoms with Crippen LogP contribution in [-0.2, 0) is 11.3 Å². The van der Waals surface area contributed by atoms with Gasteiger partial charge in [-0.1, -0.05) is 17.7 Å². The lowest BCUT2D eigenvalue weighted by Crippen LogP contribution is -2.50. The molecule has 172 valence electrons. The zero-order chi connectivity index (χ0) is 23.5. The van der Waals surface area contributed by atoms with Crippen molar-refractivity contribution in [1.29, 1.82) is 0 Å². The quantitative estimate of drug-likeness (QED) is 0.649. The molecule has 3 aromatic rings. The number of rotatable bonds is 5. The number of piperazine rings is 1. The number of amides is 3. The molecule has 3 heterocycles. The minimum Gasteiger partial charge on any atom is -0.459 e. The Morgan fingerprint density at radius 3 is 2.15 bits per heavy atom. The second-order valence-corrected chi connectivity index (χ2v) is 8.40. The van der Waals surface area contributed by atoms with Crippen LogP contribution in [0.4, 0.5) is 5.69 Å². The average Bonchev–Trinajstić information content (AvgIpc) is 3.48. The van der Waals surface area contributed by atoms with Gasteiger partial charge in [-0.2, -0.15) is 0 Å². The van der Waals surface area contributed by atoms with Crippen molar-refractivity contribution in [2.75, 3.05) is 31.5 Å². The van der Waals surface area contributed by atoms with Crippen molar-refractivity contribution < 1.29 is 18.8 Å². The van der Waals surface area contributed by atoms with Crippen molar-refractivity contribution in [3.05, 3.63) is 77.0 Å². The lowest BCUT2D eigenvalue weighted by Gasteiger charge is -2.34. The van der Waals surface area contributed by atoms with Crippen LogP contribution in [0.5, 0.6) is 0 Å². The Morgan fingerprint density at radius 1 is 0.909 bits per heavy atom. The first-order chi connectivity index (χ1) is 15.8. The van der Waals surface area contributed by atoms with Crippen molar-refractivity contribution in [1.82, 2.24) is 14.4 Å². The predicted molar refractivity (Wildman–Crippen MR) is 124 cm³/mol. The van der Waals surface area contributed by atoms with E-state index in [1.165, 1.54) is 6.26 Å². The van der Waals surface area contributed by atoms with Crippen LogP contribution in [0.25, 0.3) is 0 Å². The van der Waals surface area contributed by atoms with E-state index in [0.717, 1.165) is 22.4 Å². The second kappa shape index (κ2) is 9.36. The number of carbonyl (C=O) groups excluding carboxylic acids is 3. The third-order valence-electron chi connectivity index (χ3n) is 5.89. The van der Waals surface area contributed by atoms with E-state index in [1.807, 2.05) is 32.9 Å². The van der Waals surface area contributed by atoms with Gasteiger partial charge in [0.2, 0.25) is 5.91 Å². The molecule has 0 unspecified atom stereocenters. The summed E-state index contributed by atoms with van der Waals surface area (Å²) < 4.78 is 6.85. The molecular formula is C25H28N4O4. The van der Waals surface area contributed by atoms with Gasteiger partial charge in [0.1, 0.15) is 12.2 Å². The molecule has 0 spiro atoms. The van der Waals surface area contributed by atoms with Gasteiger partial charge < -0.3 is 24.1 Å². The van der Waals surface area contributed by atoms with E-state index in [9.17, 15) is 14.4 Å². The number of furan rings is 1. The first-order valence-corrected chi connectivity index (χ1v) is 11.0. The molecule has 2 aromatic heterocycles. The van der Waals surface area contributed by atoms with Crippen LogP contribution < -0.4 is 5.32 Å². The number of nitrogens with one attached hydrogen (secondary N) is 1. The summed E-state index contributed by atoms with van der Waals surface area (Å²) in [5, 5.41) is 2.98. The predicted octanol–water partition coefficient (Wildman–Crippen LogP) is 3.24. The van der Waals surface area contributed by atoms with Crippen molar-refractivity contribution in [3.63, 3.8) is 0 Å². The maximum Gasteiger partial charge on any atom is 0.289 e. The number of aromatic nitrogens is 1. The van der Waals surface area contributed by atoms with Crippen LogP contribution >= 0.6 is 0 Å². The summed E-state index contributed by atoms with van der Waals surface area (Å²) in [6.07, 6.45) is 3.21. The van der Waals surface area contributed by atoms with Crippen molar-refractivity contribution in [2.24, 2.45) is 0 Å². The molecule has 1 aromatic carbocycles. The summed E-state index contributed by atoms with van der Waals surface area (Å²) in [5.74, 6) is -0.215. The van der Waals surface area contributed by atoms with Gasteiger partial charge in [-0.05, 0) is 56.2 Å². The fraction of sp³-hybridized carbons (Fsp3) is 0.320. The number of anilines is 1. The number of hydrogen-bond donors (Lipinski definition) is 1. The highest BCUT2D eigenvalue weighted by atomic mass is 16.3. The largest absolute Gasteiger partial charge is 0.459 e. The fourth-order valence-electron chi connectivity index (χ4n) is 4.29. The number of aryl methyl sites for hydroxylation is 3. The molecule has 0 bridgehead atoms. The molecule has 0 radical (unpaired) electrons. The van der Waals surface area contributed by atoms with Crippen LogP contribution in [0, 0.1) is 20.8 Å². The van der Waals surface area contributed by atoms with E-state index in [-0.39, 0.29) is 24.3 Å². The Kier molecular flexibility index (Phi) is 6.35. The molecule has 3 amide bonds. The van der Waals surface area contributed by atoms with E-state index in [2.05, 4.69) is 5.32 Å². The monoisotopic (exact) mass is 448 g/mol. The topological polar surface area (TPSA) is 87.8 Å². The Balaban J connectivity index is 1.38. The molecule has 8 heteroatoms.